The molecular formula is C27H31F4N7O. The predicted molar refractivity (Wildman–Crippen MR) is 139 cm³/mol. The first kappa shape index (κ1) is 27.0. The number of fused-ring (bicyclic) bond motifs is 1. The molecule has 1 fully saturated rings. The molecule has 0 radical (unpaired) electrons. The second-order valence-electron chi connectivity index (χ2n) is 10.5. The lowest BCUT2D eigenvalue weighted by molar-refractivity contribution is -0.140. The van der Waals surface area contributed by atoms with Gasteiger partial charge in [-0.25, -0.2) is 19.3 Å². The molecule has 2 aromatic heterocycles. The number of nitrogens with one attached hydrogen (secondary N) is 2. The van der Waals surface area contributed by atoms with Gasteiger partial charge in [-0.15, -0.1) is 0 Å². The standard InChI is InChI=1S/C27H31F4N7O/c1-16(2)13-32-7-10-38-14-22(18-3-4-21(28)20(11-18)27(29,30)31)35-25(38)17-5-8-37(9-6-17)26-19-12-23(39)36-24(19)33-15-34-26/h3-4,11,14-17,32H,5-10,12-13H2,1-2H3,(H,33,34,36,39). The van der Waals surface area contributed by atoms with Gasteiger partial charge in [0, 0.05) is 49.4 Å². The van der Waals surface area contributed by atoms with Crippen molar-refractivity contribution < 1.29 is 22.4 Å². The molecule has 208 valence electrons. The maximum absolute atomic E-state index is 13.9. The van der Waals surface area contributed by atoms with Gasteiger partial charge in [0.15, 0.2) is 0 Å². The highest BCUT2D eigenvalue weighted by Crippen LogP contribution is 2.37. The highest BCUT2D eigenvalue weighted by atomic mass is 19.4. The van der Waals surface area contributed by atoms with Gasteiger partial charge in [0.05, 0.1) is 17.7 Å². The fourth-order valence-corrected chi connectivity index (χ4v) is 5.20. The van der Waals surface area contributed by atoms with Crippen LogP contribution < -0.4 is 15.5 Å². The number of carbonyl (C=O) groups is 1. The Labute approximate surface area is 223 Å². The molecule has 8 nitrogen and oxygen atoms in total. The number of hydrogen-bond acceptors (Lipinski definition) is 6. The third kappa shape index (κ3) is 5.90. The zero-order valence-corrected chi connectivity index (χ0v) is 21.9. The van der Waals surface area contributed by atoms with Crippen LogP contribution >= 0.6 is 0 Å². The van der Waals surface area contributed by atoms with Crippen molar-refractivity contribution in [2.24, 2.45) is 5.92 Å². The first-order valence-electron chi connectivity index (χ1n) is 13.1. The Bertz CT molecular complexity index is 1350. The summed E-state index contributed by atoms with van der Waals surface area (Å²) >= 11 is 0. The molecule has 1 aromatic carbocycles. The second-order valence-corrected chi connectivity index (χ2v) is 10.5. The highest BCUT2D eigenvalue weighted by molar-refractivity contribution is 5.99. The fourth-order valence-electron chi connectivity index (χ4n) is 5.20. The molecule has 12 heteroatoms. The molecule has 0 atom stereocenters. The first-order valence-corrected chi connectivity index (χ1v) is 13.1. The number of aromatic nitrogens is 4. The van der Waals surface area contributed by atoms with Crippen LogP contribution in [0.1, 0.15) is 49.6 Å². The Hall–Kier alpha value is -3.54. The van der Waals surface area contributed by atoms with Crippen molar-refractivity contribution in [3.8, 4) is 11.3 Å². The van der Waals surface area contributed by atoms with Crippen LogP contribution in [0.25, 0.3) is 11.3 Å². The summed E-state index contributed by atoms with van der Waals surface area (Å²) < 4.78 is 56.0. The first-order chi connectivity index (χ1) is 18.6. The van der Waals surface area contributed by atoms with E-state index in [-0.39, 0.29) is 23.8 Å². The van der Waals surface area contributed by atoms with Crippen LogP contribution in [0, 0.1) is 11.7 Å². The van der Waals surface area contributed by atoms with Crippen LogP contribution in [0.4, 0.5) is 29.2 Å². The lowest BCUT2D eigenvalue weighted by Crippen LogP contribution is -2.35. The number of benzene rings is 1. The lowest BCUT2D eigenvalue weighted by atomic mass is 9.95. The van der Waals surface area contributed by atoms with Crippen molar-refractivity contribution in [3.63, 3.8) is 0 Å². The number of anilines is 2. The lowest BCUT2D eigenvalue weighted by Gasteiger charge is -2.33. The summed E-state index contributed by atoms with van der Waals surface area (Å²) in [4.78, 5) is 27.4. The van der Waals surface area contributed by atoms with E-state index in [1.54, 1.807) is 6.20 Å². The fraction of sp³-hybridized carbons (Fsp3) is 0.481. The van der Waals surface area contributed by atoms with E-state index in [4.69, 9.17) is 4.98 Å². The molecule has 0 unspecified atom stereocenters. The number of rotatable bonds is 8. The molecule has 0 spiro atoms. The molecule has 2 aliphatic rings. The van der Waals surface area contributed by atoms with E-state index in [2.05, 4.69) is 39.3 Å². The molecule has 1 amide bonds. The normalized spacial score (nSPS) is 16.2. The topological polar surface area (TPSA) is 88.0 Å². The van der Waals surface area contributed by atoms with E-state index < -0.39 is 17.6 Å². The molecule has 2 aliphatic heterocycles. The molecule has 0 aliphatic carbocycles. The Morgan fingerprint density at radius 3 is 2.67 bits per heavy atom. The van der Waals surface area contributed by atoms with Crippen molar-refractivity contribution in [2.75, 3.05) is 36.4 Å². The Kier molecular flexibility index (Phi) is 7.57. The van der Waals surface area contributed by atoms with E-state index in [1.807, 2.05) is 4.57 Å². The van der Waals surface area contributed by atoms with Crippen LogP contribution in [0.15, 0.2) is 30.7 Å². The van der Waals surface area contributed by atoms with Gasteiger partial charge >= 0.3 is 6.18 Å². The summed E-state index contributed by atoms with van der Waals surface area (Å²) in [5.74, 6) is 1.28. The van der Waals surface area contributed by atoms with Gasteiger partial charge in [-0.1, -0.05) is 13.8 Å². The summed E-state index contributed by atoms with van der Waals surface area (Å²) in [5, 5.41) is 6.16. The Balaban J connectivity index is 1.38. The SMILES string of the molecule is CC(C)CNCCn1cc(-c2ccc(F)c(C(F)(F)F)c2)nc1C1CCN(c2ncnc3c2CC(=O)N3)CC1. The van der Waals surface area contributed by atoms with Crippen LogP contribution in [0.5, 0.6) is 0 Å². The quantitative estimate of drug-likeness (QED) is 0.317. The largest absolute Gasteiger partial charge is 0.419 e. The van der Waals surface area contributed by atoms with Crippen molar-refractivity contribution in [1.82, 2.24) is 24.8 Å². The van der Waals surface area contributed by atoms with Crippen molar-refractivity contribution in [2.45, 2.75) is 51.7 Å². The van der Waals surface area contributed by atoms with Gasteiger partial charge in [-0.05, 0) is 43.5 Å². The molecule has 2 N–H and O–H groups in total. The van der Waals surface area contributed by atoms with E-state index >= 15 is 0 Å². The van der Waals surface area contributed by atoms with Crippen LogP contribution in [0.2, 0.25) is 0 Å². The number of alkyl halides is 3. The molecule has 4 heterocycles. The van der Waals surface area contributed by atoms with Gasteiger partial charge < -0.3 is 20.1 Å². The van der Waals surface area contributed by atoms with Crippen molar-refractivity contribution in [1.29, 1.82) is 0 Å². The summed E-state index contributed by atoms with van der Waals surface area (Å²) in [6, 6.07) is 3.02. The zero-order valence-electron chi connectivity index (χ0n) is 21.9. The second kappa shape index (κ2) is 10.9. The molecular weight excluding hydrogens is 514 g/mol. The summed E-state index contributed by atoms with van der Waals surface area (Å²) in [5.41, 5.74) is 0.121. The minimum absolute atomic E-state index is 0.0808. The number of carbonyl (C=O) groups excluding carboxylic acids is 1. The Morgan fingerprint density at radius 1 is 1.18 bits per heavy atom. The average molecular weight is 546 g/mol. The van der Waals surface area contributed by atoms with Gasteiger partial charge in [-0.3, -0.25) is 4.79 Å². The summed E-state index contributed by atoms with van der Waals surface area (Å²) in [6.07, 6.45) is 0.189. The average Bonchev–Trinajstić information content (AvgIpc) is 3.49. The number of amides is 1. The summed E-state index contributed by atoms with van der Waals surface area (Å²) in [6.45, 7) is 7.75. The molecule has 0 bridgehead atoms. The molecule has 1 saturated heterocycles. The number of nitrogens with zero attached hydrogens (tertiary/aromatic N) is 5. The molecule has 39 heavy (non-hydrogen) atoms. The minimum atomic E-state index is -4.79. The number of imidazole rings is 1. The zero-order chi connectivity index (χ0) is 27.7. The van der Waals surface area contributed by atoms with Crippen molar-refractivity contribution >= 4 is 17.5 Å². The monoisotopic (exact) mass is 545 g/mol. The third-order valence-electron chi connectivity index (χ3n) is 7.13. The Morgan fingerprint density at radius 2 is 1.95 bits per heavy atom. The number of piperidine rings is 1. The van der Waals surface area contributed by atoms with Gasteiger partial charge in [0.2, 0.25) is 5.91 Å². The molecule has 0 saturated carbocycles. The van der Waals surface area contributed by atoms with Crippen LogP contribution in [-0.2, 0) is 23.9 Å². The molecule has 3 aromatic rings. The van der Waals surface area contributed by atoms with Crippen molar-refractivity contribution in [3.05, 3.63) is 53.5 Å². The van der Waals surface area contributed by atoms with E-state index in [0.717, 1.165) is 48.7 Å². The van der Waals surface area contributed by atoms with E-state index in [0.29, 0.717) is 43.6 Å². The number of halogens is 4. The highest BCUT2D eigenvalue weighted by Gasteiger charge is 2.35. The predicted octanol–water partition coefficient (Wildman–Crippen LogP) is 4.62. The molecule has 5 rings (SSSR count). The van der Waals surface area contributed by atoms with E-state index in [1.165, 1.54) is 12.4 Å². The van der Waals surface area contributed by atoms with Crippen LogP contribution in [0.3, 0.4) is 0 Å². The maximum atomic E-state index is 13.9. The van der Waals surface area contributed by atoms with Gasteiger partial charge in [0.25, 0.3) is 0 Å². The van der Waals surface area contributed by atoms with Crippen LogP contribution in [-0.4, -0.2) is 51.6 Å². The van der Waals surface area contributed by atoms with Gasteiger partial charge in [0.1, 0.15) is 29.6 Å². The van der Waals surface area contributed by atoms with Gasteiger partial charge in [-0.2, -0.15) is 13.2 Å². The number of hydrogen-bond donors (Lipinski definition) is 2. The minimum Gasteiger partial charge on any atom is -0.356 e. The summed E-state index contributed by atoms with van der Waals surface area (Å²) in [7, 11) is 0. The maximum Gasteiger partial charge on any atom is 0.419 e. The van der Waals surface area contributed by atoms with E-state index in [9.17, 15) is 22.4 Å². The third-order valence-corrected chi connectivity index (χ3v) is 7.13. The smallest absolute Gasteiger partial charge is 0.356 e.